The summed E-state index contributed by atoms with van der Waals surface area (Å²) in [6.07, 6.45) is 1.65. The van der Waals surface area contributed by atoms with Crippen LogP contribution in [0.15, 0.2) is 37.8 Å². The quantitative estimate of drug-likeness (QED) is 0.681. The van der Waals surface area contributed by atoms with Crippen molar-refractivity contribution in [2.24, 2.45) is 0 Å². The molecule has 2 aromatic rings. The number of nitrogens with zero attached hydrogens (tertiary/aromatic N) is 1. The monoisotopic (exact) mass is 454 g/mol. The average Bonchev–Trinajstić information content (AvgIpc) is 2.30. The van der Waals surface area contributed by atoms with E-state index in [-0.39, 0.29) is 5.69 Å². The Balaban J connectivity index is 2.19. The lowest BCUT2D eigenvalue weighted by atomic mass is 10.3. The van der Waals surface area contributed by atoms with Crippen LogP contribution in [-0.2, 0) is 6.54 Å². The molecule has 0 saturated carbocycles. The van der Waals surface area contributed by atoms with Crippen molar-refractivity contribution in [3.8, 4) is 0 Å². The molecule has 0 aliphatic rings. The van der Waals surface area contributed by atoms with Crippen LogP contribution in [0.4, 0.5) is 14.5 Å². The second-order valence-corrected chi connectivity index (χ2v) is 6.30. The Labute approximate surface area is 134 Å². The average molecular weight is 457 g/mol. The molecule has 1 heterocycles. The number of nitrogens with one attached hydrogen (secondary N) is 1. The number of rotatable bonds is 3. The van der Waals surface area contributed by atoms with Crippen LogP contribution in [0.5, 0.6) is 0 Å². The van der Waals surface area contributed by atoms with Crippen molar-refractivity contribution in [2.75, 3.05) is 5.32 Å². The molecule has 2 nitrogen and oxygen atoms in total. The highest BCUT2D eigenvalue weighted by molar-refractivity contribution is 9.11. The standard InChI is InChI=1S/C12H7Br3F2N2/c13-6-1-8(14)11(18-4-6)5-19-12-9(15)2-7(16)3-10(12)17/h1-4,19H,5H2. The van der Waals surface area contributed by atoms with Gasteiger partial charge in [0.15, 0.2) is 0 Å². The Hall–Kier alpha value is -0.530. The maximum atomic E-state index is 13.6. The van der Waals surface area contributed by atoms with Crippen molar-refractivity contribution in [3.05, 3.63) is 55.1 Å². The van der Waals surface area contributed by atoms with E-state index in [9.17, 15) is 8.78 Å². The smallest absolute Gasteiger partial charge is 0.150 e. The van der Waals surface area contributed by atoms with Crippen molar-refractivity contribution < 1.29 is 8.78 Å². The predicted octanol–water partition coefficient (Wildman–Crippen LogP) is 5.26. The molecule has 0 radical (unpaired) electrons. The van der Waals surface area contributed by atoms with Crippen LogP contribution in [0.2, 0.25) is 0 Å². The molecule has 0 amide bonds. The van der Waals surface area contributed by atoms with Crippen molar-refractivity contribution >= 4 is 53.5 Å². The third-order valence-corrected chi connectivity index (χ3v) is 4.07. The molecule has 100 valence electrons. The van der Waals surface area contributed by atoms with Crippen LogP contribution in [0.3, 0.4) is 0 Å². The molecule has 0 spiro atoms. The third kappa shape index (κ3) is 3.73. The molecule has 1 N–H and O–H groups in total. The van der Waals surface area contributed by atoms with Gasteiger partial charge in [0.1, 0.15) is 11.6 Å². The molecule has 1 aromatic heterocycles. The van der Waals surface area contributed by atoms with E-state index in [0.29, 0.717) is 11.0 Å². The highest BCUT2D eigenvalue weighted by Crippen LogP contribution is 2.28. The zero-order valence-corrected chi connectivity index (χ0v) is 14.1. The first-order valence-corrected chi connectivity index (χ1v) is 7.53. The van der Waals surface area contributed by atoms with E-state index in [2.05, 4.69) is 58.1 Å². The number of pyridine rings is 1. The molecule has 0 atom stereocenters. The lowest BCUT2D eigenvalue weighted by Crippen LogP contribution is -2.05. The summed E-state index contributed by atoms with van der Waals surface area (Å²) >= 11 is 9.79. The molecule has 0 aliphatic heterocycles. The Morgan fingerprint density at radius 3 is 2.42 bits per heavy atom. The van der Waals surface area contributed by atoms with Crippen molar-refractivity contribution in [1.29, 1.82) is 0 Å². The largest absolute Gasteiger partial charge is 0.376 e. The second-order valence-electron chi connectivity index (χ2n) is 3.68. The summed E-state index contributed by atoms with van der Waals surface area (Å²) in [4.78, 5) is 4.20. The SMILES string of the molecule is Fc1cc(F)c(NCc2ncc(Br)cc2Br)c(Br)c1. The molecule has 7 heteroatoms. The van der Waals surface area contributed by atoms with Crippen molar-refractivity contribution in [3.63, 3.8) is 0 Å². The van der Waals surface area contributed by atoms with E-state index in [1.54, 1.807) is 6.20 Å². The van der Waals surface area contributed by atoms with Gasteiger partial charge in [-0.15, -0.1) is 0 Å². The van der Waals surface area contributed by atoms with Gasteiger partial charge in [-0.05, 0) is 59.9 Å². The highest BCUT2D eigenvalue weighted by atomic mass is 79.9. The van der Waals surface area contributed by atoms with Gasteiger partial charge in [0.2, 0.25) is 0 Å². The fraction of sp³-hybridized carbons (Fsp3) is 0.0833. The van der Waals surface area contributed by atoms with Gasteiger partial charge in [0.25, 0.3) is 0 Å². The minimum Gasteiger partial charge on any atom is -0.376 e. The topological polar surface area (TPSA) is 24.9 Å². The van der Waals surface area contributed by atoms with E-state index >= 15 is 0 Å². The normalized spacial score (nSPS) is 10.6. The summed E-state index contributed by atoms with van der Waals surface area (Å²) in [6.45, 7) is 0.314. The minimum absolute atomic E-state index is 0.206. The van der Waals surface area contributed by atoms with Crippen molar-refractivity contribution in [2.45, 2.75) is 6.54 Å². The first-order chi connectivity index (χ1) is 8.97. The molecular weight excluding hydrogens is 450 g/mol. The van der Waals surface area contributed by atoms with Crippen LogP contribution < -0.4 is 5.32 Å². The van der Waals surface area contributed by atoms with Gasteiger partial charge in [-0.25, -0.2) is 8.78 Å². The molecule has 0 fully saturated rings. The number of anilines is 1. The van der Waals surface area contributed by atoms with Gasteiger partial charge in [0.05, 0.1) is 17.9 Å². The number of benzene rings is 1. The molecule has 0 aliphatic carbocycles. The van der Waals surface area contributed by atoms with Crippen molar-refractivity contribution in [1.82, 2.24) is 4.98 Å². The number of halogens is 5. The molecule has 1 aromatic carbocycles. The zero-order valence-electron chi connectivity index (χ0n) is 9.35. The number of hydrogen-bond acceptors (Lipinski definition) is 2. The number of hydrogen-bond donors (Lipinski definition) is 1. The first kappa shape index (κ1) is 14.9. The molecule has 0 saturated heterocycles. The maximum absolute atomic E-state index is 13.6. The van der Waals surface area contributed by atoms with E-state index in [1.807, 2.05) is 6.07 Å². The maximum Gasteiger partial charge on any atom is 0.150 e. The van der Waals surface area contributed by atoms with Gasteiger partial charge >= 0.3 is 0 Å². The lowest BCUT2D eigenvalue weighted by Gasteiger charge is -2.10. The predicted molar refractivity (Wildman–Crippen MR) is 81.0 cm³/mol. The molecule has 0 unspecified atom stereocenters. The summed E-state index contributed by atoms with van der Waals surface area (Å²) in [5.74, 6) is -1.28. The molecular formula is C12H7Br3F2N2. The van der Waals surface area contributed by atoms with Gasteiger partial charge in [-0.2, -0.15) is 0 Å². The summed E-state index contributed by atoms with van der Waals surface area (Å²) < 4.78 is 28.5. The summed E-state index contributed by atoms with van der Waals surface area (Å²) in [7, 11) is 0. The fourth-order valence-corrected chi connectivity index (χ4v) is 3.13. The van der Waals surface area contributed by atoms with Gasteiger partial charge in [-0.1, -0.05) is 0 Å². The lowest BCUT2D eigenvalue weighted by molar-refractivity contribution is 0.583. The van der Waals surface area contributed by atoms with E-state index < -0.39 is 11.6 Å². The number of aromatic nitrogens is 1. The van der Waals surface area contributed by atoms with Crippen LogP contribution >= 0.6 is 47.8 Å². The van der Waals surface area contributed by atoms with Crippen LogP contribution in [-0.4, -0.2) is 4.98 Å². The Kier molecular flexibility index (Phi) is 4.92. The van der Waals surface area contributed by atoms with Gasteiger partial charge < -0.3 is 5.32 Å². The van der Waals surface area contributed by atoms with Gasteiger partial charge in [-0.3, -0.25) is 4.98 Å². The highest BCUT2D eigenvalue weighted by Gasteiger charge is 2.10. The zero-order chi connectivity index (χ0) is 14.0. The van der Waals surface area contributed by atoms with E-state index in [1.165, 1.54) is 6.07 Å². The van der Waals surface area contributed by atoms with Crippen LogP contribution in [0.1, 0.15) is 5.69 Å². The minimum atomic E-state index is -0.653. The second kappa shape index (κ2) is 6.28. The Bertz CT molecular complexity index is 597. The van der Waals surface area contributed by atoms with E-state index in [4.69, 9.17) is 0 Å². The van der Waals surface area contributed by atoms with E-state index in [0.717, 1.165) is 20.7 Å². The Morgan fingerprint density at radius 2 is 1.79 bits per heavy atom. The van der Waals surface area contributed by atoms with Crippen LogP contribution in [0, 0.1) is 11.6 Å². The Morgan fingerprint density at radius 1 is 1.05 bits per heavy atom. The summed E-state index contributed by atoms with van der Waals surface area (Å²) in [5, 5.41) is 2.89. The molecule has 19 heavy (non-hydrogen) atoms. The summed E-state index contributed by atoms with van der Waals surface area (Å²) in [5.41, 5.74) is 0.928. The molecule has 2 rings (SSSR count). The first-order valence-electron chi connectivity index (χ1n) is 5.15. The third-order valence-electron chi connectivity index (χ3n) is 2.32. The van der Waals surface area contributed by atoms with Gasteiger partial charge in [0, 0.05) is 25.7 Å². The summed E-state index contributed by atoms with van der Waals surface area (Å²) in [6, 6.07) is 3.88. The van der Waals surface area contributed by atoms with Crippen LogP contribution in [0.25, 0.3) is 0 Å². The molecule has 0 bridgehead atoms. The fourth-order valence-electron chi connectivity index (χ4n) is 1.46.